The maximum Gasteiger partial charge on any atom is 0.242 e. The van der Waals surface area contributed by atoms with Crippen LogP contribution in [0.4, 0.5) is 5.69 Å². The Balaban J connectivity index is 2.04. The summed E-state index contributed by atoms with van der Waals surface area (Å²) in [6, 6.07) is 4.30. The number of nitrogen functional groups attached to an aromatic ring is 1. The van der Waals surface area contributed by atoms with Crippen molar-refractivity contribution >= 4 is 27.3 Å². The average molecular weight is 315 g/mol. The van der Waals surface area contributed by atoms with Gasteiger partial charge in [0.1, 0.15) is 4.90 Å². The first kappa shape index (κ1) is 14.8. The van der Waals surface area contributed by atoms with E-state index in [9.17, 15) is 8.42 Å². The van der Waals surface area contributed by atoms with Crippen LogP contribution in [0.25, 0.3) is 0 Å². The SMILES string of the molecule is Cn1cc(CCNS(=O)(=O)c2ccc(Cl)cc2N)cn1. The summed E-state index contributed by atoms with van der Waals surface area (Å²) in [5.41, 5.74) is 6.77. The monoisotopic (exact) mass is 314 g/mol. The number of benzene rings is 1. The predicted octanol–water partition coefficient (Wildman–Crippen LogP) is 1.18. The zero-order valence-electron chi connectivity index (χ0n) is 10.9. The Hall–Kier alpha value is -1.57. The summed E-state index contributed by atoms with van der Waals surface area (Å²) in [7, 11) is -1.82. The van der Waals surface area contributed by atoms with Gasteiger partial charge in [-0.3, -0.25) is 4.68 Å². The molecule has 1 aromatic carbocycles. The molecule has 108 valence electrons. The lowest BCUT2D eigenvalue weighted by Crippen LogP contribution is -2.26. The lowest BCUT2D eigenvalue weighted by Gasteiger charge is -2.08. The normalized spacial score (nSPS) is 11.7. The fourth-order valence-corrected chi connectivity index (χ4v) is 3.10. The number of hydrogen-bond acceptors (Lipinski definition) is 4. The van der Waals surface area contributed by atoms with Gasteiger partial charge in [0.15, 0.2) is 0 Å². The summed E-state index contributed by atoms with van der Waals surface area (Å²) >= 11 is 5.75. The fourth-order valence-electron chi connectivity index (χ4n) is 1.77. The first-order chi connectivity index (χ1) is 9.38. The van der Waals surface area contributed by atoms with E-state index in [1.165, 1.54) is 18.2 Å². The van der Waals surface area contributed by atoms with Crippen LogP contribution >= 0.6 is 11.6 Å². The van der Waals surface area contributed by atoms with E-state index in [1.807, 2.05) is 13.2 Å². The van der Waals surface area contributed by atoms with Gasteiger partial charge >= 0.3 is 0 Å². The van der Waals surface area contributed by atoms with E-state index in [4.69, 9.17) is 17.3 Å². The molecule has 6 nitrogen and oxygen atoms in total. The van der Waals surface area contributed by atoms with Gasteiger partial charge in [-0.05, 0) is 30.2 Å². The molecule has 0 saturated carbocycles. The van der Waals surface area contributed by atoms with E-state index in [0.717, 1.165) is 5.56 Å². The zero-order chi connectivity index (χ0) is 14.8. The molecule has 1 heterocycles. The molecule has 3 N–H and O–H groups in total. The molecular weight excluding hydrogens is 300 g/mol. The van der Waals surface area contributed by atoms with E-state index in [-0.39, 0.29) is 17.1 Å². The number of anilines is 1. The summed E-state index contributed by atoms with van der Waals surface area (Å²) in [5.74, 6) is 0. The zero-order valence-corrected chi connectivity index (χ0v) is 12.4. The molecule has 0 aliphatic carbocycles. The van der Waals surface area contributed by atoms with Crippen LogP contribution in [0.1, 0.15) is 5.56 Å². The number of aryl methyl sites for hydroxylation is 1. The Morgan fingerprint density at radius 3 is 2.80 bits per heavy atom. The number of nitrogens with two attached hydrogens (primary N) is 1. The molecule has 2 aromatic rings. The highest BCUT2D eigenvalue weighted by Gasteiger charge is 2.17. The van der Waals surface area contributed by atoms with Gasteiger partial charge in [0, 0.05) is 24.8 Å². The van der Waals surface area contributed by atoms with Crippen molar-refractivity contribution in [2.24, 2.45) is 7.05 Å². The molecule has 0 fully saturated rings. The summed E-state index contributed by atoms with van der Waals surface area (Å²) in [6.45, 7) is 0.274. The molecule has 1 aromatic heterocycles. The van der Waals surface area contributed by atoms with Crippen molar-refractivity contribution in [3.8, 4) is 0 Å². The second-order valence-corrected chi connectivity index (χ2v) is 6.52. The Bertz CT molecular complexity index is 712. The molecule has 8 heteroatoms. The van der Waals surface area contributed by atoms with E-state index in [0.29, 0.717) is 11.4 Å². The topological polar surface area (TPSA) is 90.0 Å². The van der Waals surface area contributed by atoms with Crippen LogP contribution in [0, 0.1) is 0 Å². The highest BCUT2D eigenvalue weighted by molar-refractivity contribution is 7.89. The quantitative estimate of drug-likeness (QED) is 0.811. The van der Waals surface area contributed by atoms with Gasteiger partial charge < -0.3 is 5.73 Å². The Morgan fingerprint density at radius 2 is 2.20 bits per heavy atom. The molecule has 0 aliphatic rings. The summed E-state index contributed by atoms with van der Waals surface area (Å²) < 4.78 is 28.4. The summed E-state index contributed by atoms with van der Waals surface area (Å²) in [5, 5.41) is 4.42. The smallest absolute Gasteiger partial charge is 0.242 e. The van der Waals surface area contributed by atoms with Crippen LogP contribution in [0.5, 0.6) is 0 Å². The van der Waals surface area contributed by atoms with Gasteiger partial charge in [0.25, 0.3) is 0 Å². The highest BCUT2D eigenvalue weighted by Crippen LogP contribution is 2.22. The second-order valence-electron chi connectivity index (χ2n) is 4.35. The van der Waals surface area contributed by atoms with Gasteiger partial charge in [-0.1, -0.05) is 11.6 Å². The minimum atomic E-state index is -3.63. The van der Waals surface area contributed by atoms with Crippen LogP contribution in [-0.4, -0.2) is 24.7 Å². The molecule has 0 radical (unpaired) electrons. The second kappa shape index (κ2) is 5.82. The maximum absolute atomic E-state index is 12.1. The Kier molecular flexibility index (Phi) is 4.32. The van der Waals surface area contributed by atoms with Gasteiger partial charge in [-0.15, -0.1) is 0 Å². The molecule has 0 amide bonds. The lowest BCUT2D eigenvalue weighted by molar-refractivity contribution is 0.582. The van der Waals surface area contributed by atoms with Gasteiger partial charge in [0.05, 0.1) is 11.9 Å². The van der Waals surface area contributed by atoms with E-state index >= 15 is 0 Å². The number of rotatable bonds is 5. The number of halogens is 1. The predicted molar refractivity (Wildman–Crippen MR) is 78.0 cm³/mol. The molecule has 0 unspecified atom stereocenters. The van der Waals surface area contributed by atoms with Crippen LogP contribution in [-0.2, 0) is 23.5 Å². The molecule has 0 spiro atoms. The molecule has 2 rings (SSSR count). The molecule has 0 bridgehead atoms. The molecule has 0 saturated heterocycles. The van der Waals surface area contributed by atoms with Crippen LogP contribution in [0.15, 0.2) is 35.5 Å². The number of nitrogens with one attached hydrogen (secondary N) is 1. The van der Waals surface area contributed by atoms with Gasteiger partial charge in [0.2, 0.25) is 10.0 Å². The van der Waals surface area contributed by atoms with E-state index in [2.05, 4.69) is 9.82 Å². The van der Waals surface area contributed by atoms with E-state index < -0.39 is 10.0 Å². The third kappa shape index (κ3) is 3.50. The van der Waals surface area contributed by atoms with Crippen molar-refractivity contribution in [3.05, 3.63) is 41.2 Å². The maximum atomic E-state index is 12.1. The van der Waals surface area contributed by atoms with Crippen molar-refractivity contribution in [2.45, 2.75) is 11.3 Å². The fraction of sp³-hybridized carbons (Fsp3) is 0.250. The third-order valence-electron chi connectivity index (χ3n) is 2.73. The average Bonchev–Trinajstić information content (AvgIpc) is 2.74. The molecule has 20 heavy (non-hydrogen) atoms. The van der Waals surface area contributed by atoms with Crippen molar-refractivity contribution in [3.63, 3.8) is 0 Å². The van der Waals surface area contributed by atoms with Gasteiger partial charge in [-0.25, -0.2) is 13.1 Å². The van der Waals surface area contributed by atoms with Crippen molar-refractivity contribution < 1.29 is 8.42 Å². The largest absolute Gasteiger partial charge is 0.398 e. The first-order valence-electron chi connectivity index (χ1n) is 5.91. The highest BCUT2D eigenvalue weighted by atomic mass is 35.5. The molecule has 0 atom stereocenters. The van der Waals surface area contributed by atoms with Crippen molar-refractivity contribution in [1.29, 1.82) is 0 Å². The number of hydrogen-bond donors (Lipinski definition) is 2. The third-order valence-corrected chi connectivity index (χ3v) is 4.50. The minimum absolute atomic E-state index is 0.0353. The summed E-state index contributed by atoms with van der Waals surface area (Å²) in [4.78, 5) is 0.0353. The van der Waals surface area contributed by atoms with Crippen LogP contribution in [0.3, 0.4) is 0 Å². The lowest BCUT2D eigenvalue weighted by atomic mass is 10.3. The minimum Gasteiger partial charge on any atom is -0.398 e. The first-order valence-corrected chi connectivity index (χ1v) is 7.77. The van der Waals surface area contributed by atoms with Crippen LogP contribution in [0.2, 0.25) is 5.02 Å². The van der Waals surface area contributed by atoms with Crippen LogP contribution < -0.4 is 10.5 Å². The summed E-state index contributed by atoms with van der Waals surface area (Å²) in [6.07, 6.45) is 4.09. The van der Waals surface area contributed by atoms with Crippen molar-refractivity contribution in [1.82, 2.24) is 14.5 Å². The van der Waals surface area contributed by atoms with Gasteiger partial charge in [-0.2, -0.15) is 5.10 Å². The standard InChI is InChI=1S/C12H15ClN4O2S/c1-17-8-9(7-15-17)4-5-16-20(18,19)12-3-2-10(13)6-11(12)14/h2-3,6-8,16H,4-5,14H2,1H3. The Labute approximate surface area is 122 Å². The van der Waals surface area contributed by atoms with E-state index in [1.54, 1.807) is 10.9 Å². The molecular formula is C12H15ClN4O2S. The Morgan fingerprint density at radius 1 is 1.45 bits per heavy atom. The number of sulfonamides is 1. The molecule has 0 aliphatic heterocycles. The number of nitrogens with zero attached hydrogens (tertiary/aromatic N) is 2. The number of aromatic nitrogens is 2. The van der Waals surface area contributed by atoms with Crippen molar-refractivity contribution in [2.75, 3.05) is 12.3 Å².